The standard InChI is InChI=1S/C11H21NO3S/c1-9(16-8-10(14)7-13)11(15)12-5-3-2-4-6-12/h9-10,13-14H,2-8H2,1H3. The molecule has 1 heterocycles. The molecule has 2 unspecified atom stereocenters. The fourth-order valence-electron chi connectivity index (χ4n) is 1.75. The van der Waals surface area contributed by atoms with Crippen LogP contribution in [0.2, 0.25) is 0 Å². The van der Waals surface area contributed by atoms with Gasteiger partial charge in [0, 0.05) is 18.8 Å². The molecule has 2 N–H and O–H groups in total. The molecule has 1 fully saturated rings. The van der Waals surface area contributed by atoms with Crippen LogP contribution in [0.1, 0.15) is 26.2 Å². The van der Waals surface area contributed by atoms with E-state index in [2.05, 4.69) is 0 Å². The molecule has 0 aromatic heterocycles. The Kier molecular flexibility index (Phi) is 6.16. The maximum atomic E-state index is 12.0. The van der Waals surface area contributed by atoms with E-state index in [9.17, 15) is 9.90 Å². The summed E-state index contributed by atoms with van der Waals surface area (Å²) in [5, 5.41) is 17.8. The van der Waals surface area contributed by atoms with Gasteiger partial charge in [0.2, 0.25) is 5.91 Å². The Hall–Kier alpha value is -0.260. The molecule has 0 aliphatic carbocycles. The summed E-state index contributed by atoms with van der Waals surface area (Å²) in [5.41, 5.74) is 0. The van der Waals surface area contributed by atoms with Crippen molar-refractivity contribution in [3.05, 3.63) is 0 Å². The summed E-state index contributed by atoms with van der Waals surface area (Å²) in [5.74, 6) is 0.576. The zero-order valence-electron chi connectivity index (χ0n) is 9.76. The van der Waals surface area contributed by atoms with Crippen molar-refractivity contribution >= 4 is 17.7 Å². The van der Waals surface area contributed by atoms with E-state index < -0.39 is 6.10 Å². The smallest absolute Gasteiger partial charge is 0.235 e. The van der Waals surface area contributed by atoms with Crippen molar-refractivity contribution in [3.63, 3.8) is 0 Å². The largest absolute Gasteiger partial charge is 0.394 e. The molecule has 5 heteroatoms. The topological polar surface area (TPSA) is 60.8 Å². The third-order valence-corrected chi connectivity index (χ3v) is 4.04. The second-order valence-corrected chi connectivity index (χ2v) is 5.57. The van der Waals surface area contributed by atoms with E-state index in [1.807, 2.05) is 11.8 Å². The van der Waals surface area contributed by atoms with Gasteiger partial charge < -0.3 is 15.1 Å². The van der Waals surface area contributed by atoms with E-state index >= 15 is 0 Å². The van der Waals surface area contributed by atoms with Gasteiger partial charge in [0.05, 0.1) is 18.0 Å². The summed E-state index contributed by atoms with van der Waals surface area (Å²) < 4.78 is 0. The lowest BCUT2D eigenvalue weighted by atomic mass is 10.1. The van der Waals surface area contributed by atoms with Crippen LogP contribution in [0.25, 0.3) is 0 Å². The molecule has 1 aliphatic heterocycles. The van der Waals surface area contributed by atoms with E-state index in [-0.39, 0.29) is 17.8 Å². The molecule has 0 bridgehead atoms. The monoisotopic (exact) mass is 247 g/mol. The number of hydrogen-bond donors (Lipinski definition) is 2. The van der Waals surface area contributed by atoms with Gasteiger partial charge in [-0.25, -0.2) is 0 Å². The van der Waals surface area contributed by atoms with E-state index in [1.165, 1.54) is 18.2 Å². The zero-order valence-corrected chi connectivity index (χ0v) is 10.6. The first-order chi connectivity index (χ1) is 7.65. The summed E-state index contributed by atoms with van der Waals surface area (Å²) >= 11 is 1.41. The van der Waals surface area contributed by atoms with Crippen LogP contribution >= 0.6 is 11.8 Å². The second kappa shape index (κ2) is 7.14. The van der Waals surface area contributed by atoms with Crippen molar-refractivity contribution < 1.29 is 15.0 Å². The van der Waals surface area contributed by atoms with E-state index in [4.69, 9.17) is 5.11 Å². The molecule has 4 nitrogen and oxygen atoms in total. The molecule has 0 radical (unpaired) electrons. The quantitative estimate of drug-likeness (QED) is 0.741. The molecule has 0 spiro atoms. The van der Waals surface area contributed by atoms with E-state index in [0.717, 1.165) is 25.9 Å². The molecule has 1 aliphatic rings. The number of rotatable bonds is 5. The molecule has 1 amide bonds. The number of carbonyl (C=O) groups is 1. The minimum absolute atomic E-state index is 0.126. The zero-order chi connectivity index (χ0) is 12.0. The van der Waals surface area contributed by atoms with Gasteiger partial charge in [0.15, 0.2) is 0 Å². The van der Waals surface area contributed by atoms with Gasteiger partial charge in [0.1, 0.15) is 0 Å². The number of nitrogens with zero attached hydrogens (tertiary/aromatic N) is 1. The summed E-state index contributed by atoms with van der Waals surface area (Å²) in [6.07, 6.45) is 2.70. The van der Waals surface area contributed by atoms with Crippen LogP contribution in [0.3, 0.4) is 0 Å². The van der Waals surface area contributed by atoms with Crippen molar-refractivity contribution in [3.8, 4) is 0 Å². The highest BCUT2D eigenvalue weighted by molar-refractivity contribution is 8.00. The highest BCUT2D eigenvalue weighted by atomic mass is 32.2. The van der Waals surface area contributed by atoms with Crippen LogP contribution in [0, 0.1) is 0 Å². The van der Waals surface area contributed by atoms with E-state index in [1.54, 1.807) is 0 Å². The average molecular weight is 247 g/mol. The SMILES string of the molecule is CC(SCC(O)CO)C(=O)N1CCCCC1. The number of likely N-dealkylation sites (tertiary alicyclic amines) is 1. The third-order valence-electron chi connectivity index (χ3n) is 2.76. The lowest BCUT2D eigenvalue weighted by Crippen LogP contribution is -2.40. The Bertz CT molecular complexity index is 219. The van der Waals surface area contributed by atoms with Crippen LogP contribution < -0.4 is 0 Å². The molecule has 2 atom stereocenters. The molecule has 0 aromatic rings. The van der Waals surface area contributed by atoms with Crippen LogP contribution in [0.5, 0.6) is 0 Å². The predicted molar refractivity (Wildman–Crippen MR) is 65.4 cm³/mol. The van der Waals surface area contributed by atoms with Crippen molar-refractivity contribution in [2.45, 2.75) is 37.5 Å². The van der Waals surface area contributed by atoms with Crippen molar-refractivity contribution in [2.24, 2.45) is 0 Å². The fourth-order valence-corrected chi connectivity index (χ4v) is 2.66. The molecule has 0 saturated carbocycles. The molecule has 94 valence electrons. The fraction of sp³-hybridized carbons (Fsp3) is 0.909. The van der Waals surface area contributed by atoms with Crippen LogP contribution in [0.15, 0.2) is 0 Å². The predicted octanol–water partition coefficient (Wildman–Crippen LogP) is 0.474. The number of hydrogen-bond acceptors (Lipinski definition) is 4. The average Bonchev–Trinajstić information content (AvgIpc) is 2.35. The minimum Gasteiger partial charge on any atom is -0.394 e. The van der Waals surface area contributed by atoms with Gasteiger partial charge in [0.25, 0.3) is 0 Å². The van der Waals surface area contributed by atoms with Gasteiger partial charge in [-0.1, -0.05) is 0 Å². The normalized spacial score (nSPS) is 20.6. The number of piperidine rings is 1. The molecular formula is C11H21NO3S. The van der Waals surface area contributed by atoms with Crippen molar-refractivity contribution in [1.82, 2.24) is 4.90 Å². The first kappa shape index (κ1) is 13.8. The second-order valence-electron chi connectivity index (χ2n) is 4.20. The maximum Gasteiger partial charge on any atom is 0.235 e. The Balaban J connectivity index is 2.29. The van der Waals surface area contributed by atoms with Gasteiger partial charge in [-0.15, -0.1) is 11.8 Å². The van der Waals surface area contributed by atoms with Crippen molar-refractivity contribution in [1.29, 1.82) is 0 Å². The molecule has 1 saturated heterocycles. The van der Waals surface area contributed by atoms with Crippen molar-refractivity contribution in [2.75, 3.05) is 25.4 Å². The Morgan fingerprint density at radius 1 is 1.38 bits per heavy atom. The number of aliphatic hydroxyl groups excluding tert-OH is 2. The lowest BCUT2D eigenvalue weighted by Gasteiger charge is -2.29. The summed E-state index contributed by atoms with van der Waals surface area (Å²) in [4.78, 5) is 13.9. The van der Waals surface area contributed by atoms with Gasteiger partial charge >= 0.3 is 0 Å². The molecule has 0 aromatic carbocycles. The van der Waals surface area contributed by atoms with Crippen LogP contribution in [-0.2, 0) is 4.79 Å². The first-order valence-electron chi connectivity index (χ1n) is 5.84. The summed E-state index contributed by atoms with van der Waals surface area (Å²) in [7, 11) is 0. The molecular weight excluding hydrogens is 226 g/mol. The van der Waals surface area contributed by atoms with Crippen LogP contribution in [0.4, 0.5) is 0 Å². The number of aliphatic hydroxyl groups is 2. The Morgan fingerprint density at radius 2 is 2.00 bits per heavy atom. The van der Waals surface area contributed by atoms with Crippen LogP contribution in [-0.4, -0.2) is 57.8 Å². The van der Waals surface area contributed by atoms with E-state index in [0.29, 0.717) is 5.75 Å². The summed E-state index contributed by atoms with van der Waals surface area (Å²) in [6.45, 7) is 3.36. The first-order valence-corrected chi connectivity index (χ1v) is 6.89. The Morgan fingerprint density at radius 3 is 2.56 bits per heavy atom. The summed E-state index contributed by atoms with van der Waals surface area (Å²) in [6, 6.07) is 0. The molecule has 16 heavy (non-hydrogen) atoms. The maximum absolute atomic E-state index is 12.0. The van der Waals surface area contributed by atoms with Gasteiger partial charge in [-0.2, -0.15) is 0 Å². The van der Waals surface area contributed by atoms with Gasteiger partial charge in [-0.05, 0) is 26.2 Å². The lowest BCUT2D eigenvalue weighted by molar-refractivity contribution is -0.131. The third kappa shape index (κ3) is 4.31. The number of thioether (sulfide) groups is 1. The highest BCUT2D eigenvalue weighted by Crippen LogP contribution is 2.17. The number of carbonyl (C=O) groups excluding carboxylic acids is 1. The minimum atomic E-state index is -0.721. The Labute approximate surface area is 101 Å². The van der Waals surface area contributed by atoms with Gasteiger partial charge in [-0.3, -0.25) is 4.79 Å². The number of amides is 1. The molecule has 1 rings (SSSR count). The highest BCUT2D eigenvalue weighted by Gasteiger charge is 2.22.